The Morgan fingerprint density at radius 2 is 1.80 bits per heavy atom. The summed E-state index contributed by atoms with van der Waals surface area (Å²) in [7, 11) is 0. The molecule has 2 aromatic rings. The van der Waals surface area contributed by atoms with Crippen molar-refractivity contribution >= 4 is 22.6 Å². The molecule has 0 aliphatic carbocycles. The zero-order valence-electron chi connectivity index (χ0n) is 11.5. The number of nitriles is 1. The van der Waals surface area contributed by atoms with Gasteiger partial charge in [0.2, 0.25) is 0 Å². The number of rotatable bonds is 1. The molecule has 0 spiro atoms. The molecule has 0 saturated carbocycles. The number of halogens is 2. The van der Waals surface area contributed by atoms with Crippen LogP contribution in [0.25, 0.3) is 11.3 Å². The third-order valence-corrected chi connectivity index (χ3v) is 3.82. The maximum absolute atomic E-state index is 13.0. The summed E-state index contributed by atoms with van der Waals surface area (Å²) in [6.45, 7) is 6.19. The Morgan fingerprint density at radius 1 is 1.20 bits per heavy atom. The molecule has 4 heteroatoms. The quantitative estimate of drug-likeness (QED) is 0.533. The molecule has 102 valence electrons. The zero-order chi connectivity index (χ0) is 14.9. The summed E-state index contributed by atoms with van der Waals surface area (Å²) in [5.41, 5.74) is 3.03. The van der Waals surface area contributed by atoms with Crippen LogP contribution in [0, 0.1) is 20.8 Å². The summed E-state index contributed by atoms with van der Waals surface area (Å²) in [6, 6.07) is 10.4. The van der Waals surface area contributed by atoms with E-state index in [-0.39, 0.29) is 11.2 Å². The van der Waals surface area contributed by atoms with Gasteiger partial charge in [0.05, 0.1) is 11.3 Å². The Hall–Kier alpha value is -1.48. The standard InChI is InChI=1S/C16H14FIN2/c1-16(2,3)13-8-14(20-15(18)12(13)9-19)10-4-6-11(17)7-5-10/h4-8H,1-3H3. The zero-order valence-corrected chi connectivity index (χ0v) is 13.7. The highest BCUT2D eigenvalue weighted by atomic mass is 127. The third kappa shape index (κ3) is 2.98. The van der Waals surface area contributed by atoms with E-state index in [9.17, 15) is 9.65 Å². The van der Waals surface area contributed by atoms with Crippen LogP contribution in [0.5, 0.6) is 0 Å². The molecule has 0 aliphatic heterocycles. The lowest BCUT2D eigenvalue weighted by molar-refractivity contribution is 0.587. The predicted molar refractivity (Wildman–Crippen MR) is 85.8 cm³/mol. The van der Waals surface area contributed by atoms with Gasteiger partial charge in [0, 0.05) is 5.56 Å². The van der Waals surface area contributed by atoms with Gasteiger partial charge in [0.25, 0.3) is 0 Å². The lowest BCUT2D eigenvalue weighted by Crippen LogP contribution is -2.15. The van der Waals surface area contributed by atoms with E-state index in [1.54, 1.807) is 12.1 Å². The highest BCUT2D eigenvalue weighted by Gasteiger charge is 2.22. The number of aromatic nitrogens is 1. The SMILES string of the molecule is CC(C)(C)c1cc(-c2ccc(F)cc2)nc(I)c1C#N. The molecule has 0 N–H and O–H groups in total. The van der Waals surface area contributed by atoms with Gasteiger partial charge in [0.15, 0.2) is 0 Å². The number of hydrogen-bond acceptors (Lipinski definition) is 2. The van der Waals surface area contributed by atoms with Gasteiger partial charge >= 0.3 is 0 Å². The van der Waals surface area contributed by atoms with E-state index >= 15 is 0 Å². The molecular weight excluding hydrogens is 366 g/mol. The van der Waals surface area contributed by atoms with Gasteiger partial charge in [-0.15, -0.1) is 0 Å². The first-order valence-electron chi connectivity index (χ1n) is 6.20. The number of nitrogens with zero attached hydrogens (tertiary/aromatic N) is 2. The van der Waals surface area contributed by atoms with Crippen LogP contribution in [0.1, 0.15) is 31.9 Å². The fourth-order valence-corrected chi connectivity index (χ4v) is 2.65. The molecule has 0 amide bonds. The van der Waals surface area contributed by atoms with E-state index in [0.717, 1.165) is 16.8 Å². The minimum Gasteiger partial charge on any atom is -0.240 e. The van der Waals surface area contributed by atoms with Gasteiger partial charge in [-0.2, -0.15) is 5.26 Å². The molecular formula is C16H14FIN2. The molecule has 0 bridgehead atoms. The fraction of sp³-hybridized carbons (Fsp3) is 0.250. The monoisotopic (exact) mass is 380 g/mol. The van der Waals surface area contributed by atoms with Crippen molar-refractivity contribution in [3.8, 4) is 17.3 Å². The number of benzene rings is 1. The van der Waals surface area contributed by atoms with Crippen LogP contribution in [-0.4, -0.2) is 4.98 Å². The Bertz CT molecular complexity index is 679. The molecule has 2 rings (SSSR count). The summed E-state index contributed by atoms with van der Waals surface area (Å²) in [5, 5.41) is 9.32. The molecule has 0 radical (unpaired) electrons. The first-order valence-corrected chi connectivity index (χ1v) is 7.28. The predicted octanol–water partition coefficient (Wildman–Crippen LogP) is 4.66. The van der Waals surface area contributed by atoms with E-state index in [4.69, 9.17) is 0 Å². The van der Waals surface area contributed by atoms with Crippen molar-refractivity contribution in [1.82, 2.24) is 4.98 Å². The fourth-order valence-electron chi connectivity index (χ4n) is 1.98. The number of hydrogen-bond donors (Lipinski definition) is 0. The van der Waals surface area contributed by atoms with Crippen molar-refractivity contribution in [2.45, 2.75) is 26.2 Å². The molecule has 1 aromatic heterocycles. The normalized spacial score (nSPS) is 11.2. The minimum absolute atomic E-state index is 0.150. The van der Waals surface area contributed by atoms with Gasteiger partial charge in [-0.1, -0.05) is 20.8 Å². The Morgan fingerprint density at radius 3 is 2.30 bits per heavy atom. The summed E-state index contributed by atoms with van der Waals surface area (Å²) in [4.78, 5) is 4.46. The molecule has 0 atom stereocenters. The summed E-state index contributed by atoms with van der Waals surface area (Å²) in [5.74, 6) is -0.270. The lowest BCUT2D eigenvalue weighted by Gasteiger charge is -2.22. The Balaban J connectivity index is 2.66. The van der Waals surface area contributed by atoms with Gasteiger partial charge < -0.3 is 0 Å². The second-order valence-electron chi connectivity index (χ2n) is 5.59. The molecule has 0 fully saturated rings. The van der Waals surface area contributed by atoms with Crippen LogP contribution < -0.4 is 0 Å². The molecule has 20 heavy (non-hydrogen) atoms. The minimum atomic E-state index is -0.270. The maximum Gasteiger partial charge on any atom is 0.123 e. The lowest BCUT2D eigenvalue weighted by atomic mass is 9.84. The van der Waals surface area contributed by atoms with Gasteiger partial charge in [-0.25, -0.2) is 9.37 Å². The van der Waals surface area contributed by atoms with E-state index < -0.39 is 0 Å². The van der Waals surface area contributed by atoms with Crippen molar-refractivity contribution in [1.29, 1.82) is 5.26 Å². The topological polar surface area (TPSA) is 36.7 Å². The average molecular weight is 380 g/mol. The highest BCUT2D eigenvalue weighted by molar-refractivity contribution is 14.1. The maximum atomic E-state index is 13.0. The first kappa shape index (κ1) is 14.9. The van der Waals surface area contributed by atoms with E-state index in [2.05, 4.69) is 54.4 Å². The molecule has 2 nitrogen and oxygen atoms in total. The second kappa shape index (κ2) is 5.49. The molecule has 1 aromatic carbocycles. The van der Waals surface area contributed by atoms with Crippen LogP contribution in [0.15, 0.2) is 30.3 Å². The Labute approximate surface area is 131 Å². The van der Waals surface area contributed by atoms with Crippen molar-refractivity contribution in [2.75, 3.05) is 0 Å². The van der Waals surface area contributed by atoms with Crippen LogP contribution in [0.3, 0.4) is 0 Å². The average Bonchev–Trinajstić information content (AvgIpc) is 2.37. The van der Waals surface area contributed by atoms with Crippen molar-refractivity contribution in [3.05, 3.63) is 51.0 Å². The highest BCUT2D eigenvalue weighted by Crippen LogP contribution is 2.31. The van der Waals surface area contributed by atoms with Crippen LogP contribution in [0.4, 0.5) is 4.39 Å². The van der Waals surface area contributed by atoms with Crippen molar-refractivity contribution in [2.24, 2.45) is 0 Å². The van der Waals surface area contributed by atoms with E-state index in [1.807, 2.05) is 6.07 Å². The van der Waals surface area contributed by atoms with E-state index in [1.165, 1.54) is 12.1 Å². The van der Waals surface area contributed by atoms with Crippen molar-refractivity contribution < 1.29 is 4.39 Å². The third-order valence-electron chi connectivity index (χ3n) is 3.04. The van der Waals surface area contributed by atoms with Crippen LogP contribution in [-0.2, 0) is 5.41 Å². The molecule has 0 unspecified atom stereocenters. The largest absolute Gasteiger partial charge is 0.240 e. The smallest absolute Gasteiger partial charge is 0.123 e. The molecule has 1 heterocycles. The summed E-state index contributed by atoms with van der Waals surface area (Å²) < 4.78 is 13.7. The van der Waals surface area contributed by atoms with Gasteiger partial charge in [0.1, 0.15) is 15.6 Å². The summed E-state index contributed by atoms with van der Waals surface area (Å²) >= 11 is 2.08. The molecule has 0 saturated heterocycles. The summed E-state index contributed by atoms with van der Waals surface area (Å²) in [6.07, 6.45) is 0. The second-order valence-corrected chi connectivity index (χ2v) is 6.61. The molecule has 0 aliphatic rings. The van der Waals surface area contributed by atoms with Crippen LogP contribution in [0.2, 0.25) is 0 Å². The first-order chi connectivity index (χ1) is 9.32. The van der Waals surface area contributed by atoms with Gasteiger partial charge in [-0.3, -0.25) is 0 Å². The van der Waals surface area contributed by atoms with Gasteiger partial charge in [-0.05, 0) is 63.9 Å². The number of pyridine rings is 1. The van der Waals surface area contributed by atoms with Crippen molar-refractivity contribution in [3.63, 3.8) is 0 Å². The van der Waals surface area contributed by atoms with E-state index in [0.29, 0.717) is 9.26 Å². The Kier molecular flexibility index (Phi) is 4.09. The van der Waals surface area contributed by atoms with Crippen LogP contribution >= 0.6 is 22.6 Å².